The van der Waals surface area contributed by atoms with Gasteiger partial charge in [-0.1, -0.05) is 22.9 Å². The normalized spacial score (nSPS) is 19.7. The van der Waals surface area contributed by atoms with Crippen molar-refractivity contribution in [1.82, 2.24) is 0 Å². The van der Waals surface area contributed by atoms with Gasteiger partial charge in [0.2, 0.25) is 0 Å². The topological polar surface area (TPSA) is 20.3 Å². The Balaban J connectivity index is 2.42. The van der Waals surface area contributed by atoms with E-state index in [2.05, 4.69) is 33.8 Å². The summed E-state index contributed by atoms with van der Waals surface area (Å²) in [6.45, 7) is 4.92. The number of nitrogens with zero attached hydrogens (tertiary/aromatic N) is 1. The van der Waals surface area contributed by atoms with Crippen molar-refractivity contribution < 1.29 is 4.79 Å². The van der Waals surface area contributed by atoms with Gasteiger partial charge >= 0.3 is 0 Å². The maximum absolute atomic E-state index is 11.7. The van der Waals surface area contributed by atoms with E-state index in [9.17, 15) is 4.79 Å². The average molecular weight is 296 g/mol. The van der Waals surface area contributed by atoms with E-state index in [1.54, 1.807) is 6.92 Å². The van der Waals surface area contributed by atoms with Gasteiger partial charge in [-0.25, -0.2) is 0 Å². The lowest BCUT2D eigenvalue weighted by molar-refractivity contribution is 0.101. The van der Waals surface area contributed by atoms with Gasteiger partial charge in [0.05, 0.1) is 0 Å². The van der Waals surface area contributed by atoms with Crippen LogP contribution >= 0.6 is 15.9 Å². The highest BCUT2D eigenvalue weighted by atomic mass is 79.9. The minimum atomic E-state index is 0.147. The van der Waals surface area contributed by atoms with E-state index in [0.29, 0.717) is 6.04 Å². The van der Waals surface area contributed by atoms with Gasteiger partial charge in [-0.2, -0.15) is 0 Å². The van der Waals surface area contributed by atoms with Crippen molar-refractivity contribution in [3.8, 4) is 0 Å². The Kier molecular flexibility index (Phi) is 3.87. The zero-order valence-electron chi connectivity index (χ0n) is 10.4. The summed E-state index contributed by atoms with van der Waals surface area (Å²) < 4.78 is 1.04. The van der Waals surface area contributed by atoms with Crippen LogP contribution in [0.2, 0.25) is 0 Å². The summed E-state index contributed by atoms with van der Waals surface area (Å²) in [5.41, 5.74) is 1.93. The zero-order chi connectivity index (χ0) is 12.4. The number of halogens is 1. The van der Waals surface area contributed by atoms with Gasteiger partial charge in [0.15, 0.2) is 5.78 Å². The minimum absolute atomic E-state index is 0.147. The number of rotatable bonds is 3. The molecule has 1 saturated heterocycles. The molecule has 0 bridgehead atoms. The fourth-order valence-electron chi connectivity index (χ4n) is 2.62. The molecule has 17 heavy (non-hydrogen) atoms. The van der Waals surface area contributed by atoms with Crippen LogP contribution in [0.4, 0.5) is 5.69 Å². The molecule has 0 radical (unpaired) electrons. The van der Waals surface area contributed by atoms with Crippen LogP contribution in [0.1, 0.15) is 43.5 Å². The Morgan fingerprint density at radius 1 is 1.53 bits per heavy atom. The van der Waals surface area contributed by atoms with E-state index >= 15 is 0 Å². The molecule has 0 spiro atoms. The molecule has 1 aromatic carbocycles. The van der Waals surface area contributed by atoms with Crippen LogP contribution in [0.15, 0.2) is 22.7 Å². The van der Waals surface area contributed by atoms with Gasteiger partial charge in [0.1, 0.15) is 0 Å². The second-order valence-electron chi connectivity index (χ2n) is 4.62. The molecule has 0 N–H and O–H groups in total. The maximum atomic E-state index is 11.7. The zero-order valence-corrected chi connectivity index (χ0v) is 12.0. The predicted octanol–water partition coefficient (Wildman–Crippen LogP) is 4.03. The second kappa shape index (κ2) is 5.21. The van der Waals surface area contributed by atoms with Crippen molar-refractivity contribution in [1.29, 1.82) is 0 Å². The Morgan fingerprint density at radius 2 is 2.29 bits per heavy atom. The van der Waals surface area contributed by atoms with E-state index in [0.717, 1.165) is 28.7 Å². The standard InChI is InChI=1S/C14H18BrNO/c1-3-12-5-4-8-16(12)14-9-11(15)6-7-13(14)10(2)17/h6-7,9,12H,3-5,8H2,1-2H3. The van der Waals surface area contributed by atoms with Gasteiger partial charge in [0.25, 0.3) is 0 Å². The monoisotopic (exact) mass is 295 g/mol. The summed E-state index contributed by atoms with van der Waals surface area (Å²) in [7, 11) is 0. The third-order valence-electron chi connectivity index (χ3n) is 3.50. The van der Waals surface area contributed by atoms with Gasteiger partial charge in [-0.3, -0.25) is 4.79 Å². The number of carbonyl (C=O) groups is 1. The fourth-order valence-corrected chi connectivity index (χ4v) is 2.97. The first kappa shape index (κ1) is 12.6. The van der Waals surface area contributed by atoms with Crippen LogP contribution in [0, 0.1) is 0 Å². The predicted molar refractivity (Wildman–Crippen MR) is 74.8 cm³/mol. The quantitative estimate of drug-likeness (QED) is 0.785. The van der Waals surface area contributed by atoms with Crippen LogP contribution in [0.25, 0.3) is 0 Å². The van der Waals surface area contributed by atoms with Crippen molar-refractivity contribution >= 4 is 27.4 Å². The SMILES string of the molecule is CCC1CCCN1c1cc(Br)ccc1C(C)=O. The third kappa shape index (κ3) is 2.54. The summed E-state index contributed by atoms with van der Waals surface area (Å²) in [4.78, 5) is 14.1. The molecule has 1 fully saturated rings. The van der Waals surface area contributed by atoms with Crippen molar-refractivity contribution in [3.05, 3.63) is 28.2 Å². The smallest absolute Gasteiger partial charge is 0.161 e. The largest absolute Gasteiger partial charge is 0.368 e. The minimum Gasteiger partial charge on any atom is -0.368 e. The molecule has 1 aliphatic heterocycles. The Hall–Kier alpha value is -0.830. The lowest BCUT2D eigenvalue weighted by atomic mass is 10.1. The maximum Gasteiger partial charge on any atom is 0.161 e. The molecule has 0 aliphatic carbocycles. The van der Waals surface area contributed by atoms with E-state index in [4.69, 9.17) is 0 Å². The lowest BCUT2D eigenvalue weighted by Gasteiger charge is -2.27. The van der Waals surface area contributed by atoms with Crippen LogP contribution in [0.3, 0.4) is 0 Å². The van der Waals surface area contributed by atoms with Gasteiger partial charge in [-0.15, -0.1) is 0 Å². The molecule has 1 atom stereocenters. The molecule has 1 aromatic rings. The first-order chi connectivity index (χ1) is 8.13. The molecule has 0 amide bonds. The molecule has 1 aliphatic rings. The summed E-state index contributed by atoms with van der Waals surface area (Å²) in [6.07, 6.45) is 3.60. The first-order valence-electron chi connectivity index (χ1n) is 6.20. The van der Waals surface area contributed by atoms with Crippen LogP contribution < -0.4 is 4.90 Å². The number of hydrogen-bond donors (Lipinski definition) is 0. The number of ketones is 1. The van der Waals surface area contributed by atoms with Crippen LogP contribution in [-0.4, -0.2) is 18.4 Å². The number of anilines is 1. The third-order valence-corrected chi connectivity index (χ3v) is 3.99. The number of benzene rings is 1. The van der Waals surface area contributed by atoms with E-state index in [1.807, 2.05) is 12.1 Å². The molecule has 92 valence electrons. The number of Topliss-reactive ketones (excluding diaryl/α,β-unsaturated/α-hetero) is 1. The molecule has 1 unspecified atom stereocenters. The Bertz CT molecular complexity index is 430. The van der Waals surface area contributed by atoms with E-state index in [1.165, 1.54) is 12.8 Å². The van der Waals surface area contributed by atoms with Crippen molar-refractivity contribution in [3.63, 3.8) is 0 Å². The highest BCUT2D eigenvalue weighted by Crippen LogP contribution is 2.32. The number of hydrogen-bond acceptors (Lipinski definition) is 2. The fraction of sp³-hybridized carbons (Fsp3) is 0.500. The summed E-state index contributed by atoms with van der Waals surface area (Å²) in [6, 6.07) is 6.52. The highest BCUT2D eigenvalue weighted by Gasteiger charge is 2.25. The van der Waals surface area contributed by atoms with Crippen molar-refractivity contribution in [2.75, 3.05) is 11.4 Å². The molecular formula is C14H18BrNO. The molecule has 2 nitrogen and oxygen atoms in total. The molecule has 3 heteroatoms. The van der Waals surface area contributed by atoms with Crippen molar-refractivity contribution in [2.24, 2.45) is 0 Å². The molecular weight excluding hydrogens is 278 g/mol. The molecule has 0 aromatic heterocycles. The van der Waals surface area contributed by atoms with Gasteiger partial charge in [-0.05, 0) is 44.4 Å². The Morgan fingerprint density at radius 3 is 2.94 bits per heavy atom. The average Bonchev–Trinajstić information content (AvgIpc) is 2.76. The second-order valence-corrected chi connectivity index (χ2v) is 5.53. The molecule has 2 rings (SSSR count). The van der Waals surface area contributed by atoms with Crippen LogP contribution in [-0.2, 0) is 0 Å². The lowest BCUT2D eigenvalue weighted by Crippen LogP contribution is -2.29. The van der Waals surface area contributed by atoms with Crippen molar-refractivity contribution in [2.45, 2.75) is 39.2 Å². The summed E-state index contributed by atoms with van der Waals surface area (Å²) in [5, 5.41) is 0. The Labute approximate surface area is 111 Å². The summed E-state index contributed by atoms with van der Waals surface area (Å²) in [5.74, 6) is 0.147. The number of carbonyl (C=O) groups excluding carboxylic acids is 1. The van der Waals surface area contributed by atoms with E-state index < -0.39 is 0 Å². The molecule has 0 saturated carbocycles. The van der Waals surface area contributed by atoms with Crippen LogP contribution in [0.5, 0.6) is 0 Å². The highest BCUT2D eigenvalue weighted by molar-refractivity contribution is 9.10. The van der Waals surface area contributed by atoms with E-state index in [-0.39, 0.29) is 5.78 Å². The van der Waals surface area contributed by atoms with Gasteiger partial charge in [0, 0.05) is 28.3 Å². The summed E-state index contributed by atoms with van der Waals surface area (Å²) >= 11 is 3.50. The van der Waals surface area contributed by atoms with Gasteiger partial charge < -0.3 is 4.90 Å². The molecule has 1 heterocycles. The first-order valence-corrected chi connectivity index (χ1v) is 7.00.